The first kappa shape index (κ1) is 15.8. The molecule has 0 nitrogen and oxygen atoms in total. The summed E-state index contributed by atoms with van der Waals surface area (Å²) < 4.78 is 0. The Morgan fingerprint density at radius 1 is 1.00 bits per heavy atom. The molecule has 0 saturated heterocycles. The minimum absolute atomic E-state index is 0. The smallest absolute Gasteiger partial charge is 0.728 e. The maximum atomic E-state index is 6.61. The van der Waals surface area contributed by atoms with Crippen molar-refractivity contribution < 1.29 is 34.1 Å². The molecule has 2 heteroatoms. The normalized spacial score (nSPS) is 6.79. The summed E-state index contributed by atoms with van der Waals surface area (Å²) in [4.78, 5) is 0. The Kier molecular flexibility index (Phi) is 11.7. The van der Waals surface area contributed by atoms with Gasteiger partial charge in [0.15, 0.2) is 0 Å². The van der Waals surface area contributed by atoms with Crippen LogP contribution in [0.5, 0.6) is 0 Å². The summed E-state index contributed by atoms with van der Waals surface area (Å²) in [7, 11) is 0. The Balaban J connectivity index is 0. The van der Waals surface area contributed by atoms with E-state index in [1.807, 2.05) is 54.6 Å². The van der Waals surface area contributed by atoms with Crippen LogP contribution in [0.2, 0.25) is 0 Å². The van der Waals surface area contributed by atoms with E-state index < -0.39 is 0 Å². The van der Waals surface area contributed by atoms with Crippen LogP contribution < -0.4 is 0 Å². The molecule has 0 atom stereocenters. The van der Waals surface area contributed by atoms with Gasteiger partial charge in [0.2, 0.25) is 0 Å². The minimum atomic E-state index is 0. The molecule has 0 unspecified atom stereocenters. The van der Waals surface area contributed by atoms with Crippen LogP contribution in [0, 0.1) is 12.3 Å². The monoisotopic (exact) mass is 272 g/mol. The standard InChI is InChI=1S/C7H4.C5H5.Cu.Fe/c1-2-7-5-3-4-6-7;1-2-4-5-3-1;;/h3-6H;1-5H;;/q-2;-1;+1;+2. The summed E-state index contributed by atoms with van der Waals surface area (Å²) in [5.41, 5.74) is 0.847. The van der Waals surface area contributed by atoms with Gasteiger partial charge < -0.3 is 17.9 Å². The van der Waals surface area contributed by atoms with Crippen LogP contribution in [-0.4, -0.2) is 0 Å². The van der Waals surface area contributed by atoms with E-state index in [-0.39, 0.29) is 34.1 Å². The van der Waals surface area contributed by atoms with E-state index in [1.165, 1.54) is 0 Å². The quantitative estimate of drug-likeness (QED) is 0.393. The van der Waals surface area contributed by atoms with Crippen molar-refractivity contribution in [2.24, 2.45) is 0 Å². The van der Waals surface area contributed by atoms with Crippen molar-refractivity contribution in [2.75, 3.05) is 0 Å². The van der Waals surface area contributed by atoms with Gasteiger partial charge in [-0.05, 0) is 0 Å². The molecule has 2 rings (SSSR count). The second-order valence-corrected chi connectivity index (χ2v) is 2.26. The molecule has 0 N–H and O–H groups in total. The predicted octanol–water partition coefficient (Wildman–Crippen LogP) is 2.74. The van der Waals surface area contributed by atoms with Gasteiger partial charge in [0.05, 0.1) is 0 Å². The first-order valence-corrected chi connectivity index (χ1v) is 3.74. The van der Waals surface area contributed by atoms with Gasteiger partial charge in [-0.15, -0.1) is 0 Å². The van der Waals surface area contributed by atoms with Crippen LogP contribution in [0.25, 0.3) is 0 Å². The molecule has 0 amide bonds. The molecule has 0 spiro atoms. The van der Waals surface area contributed by atoms with Crippen molar-refractivity contribution in [3.05, 3.63) is 66.6 Å². The zero-order valence-electron chi connectivity index (χ0n) is 7.35. The van der Waals surface area contributed by atoms with Crippen molar-refractivity contribution in [1.82, 2.24) is 0 Å². The van der Waals surface area contributed by atoms with Crippen molar-refractivity contribution in [3.63, 3.8) is 0 Å². The Hall–Kier alpha value is -0.701. The average Bonchev–Trinajstić information content (AvgIpc) is 2.81. The fourth-order valence-electron chi connectivity index (χ4n) is 0.778. The van der Waals surface area contributed by atoms with Crippen molar-refractivity contribution >= 4 is 0 Å². The van der Waals surface area contributed by atoms with E-state index in [0.29, 0.717) is 0 Å². The molecule has 2 aromatic rings. The molecule has 76 valence electrons. The number of rotatable bonds is 0. The minimum Gasteiger partial charge on any atom is -0.728 e. The maximum absolute atomic E-state index is 6.61. The van der Waals surface area contributed by atoms with Crippen LogP contribution in [0.1, 0.15) is 5.56 Å². The summed E-state index contributed by atoms with van der Waals surface area (Å²) in [6, 6.07) is 17.5. The summed E-state index contributed by atoms with van der Waals surface area (Å²) >= 11 is 0. The Morgan fingerprint density at radius 3 is 1.71 bits per heavy atom. The molecule has 0 heterocycles. The van der Waals surface area contributed by atoms with Crippen molar-refractivity contribution in [2.45, 2.75) is 0 Å². The molecule has 2 aromatic carbocycles. The van der Waals surface area contributed by atoms with Gasteiger partial charge in [-0.3, -0.25) is 0 Å². The number of hydrogen-bond donors (Lipinski definition) is 0. The van der Waals surface area contributed by atoms with Crippen LogP contribution in [0.4, 0.5) is 0 Å². The molecule has 0 aliphatic rings. The van der Waals surface area contributed by atoms with E-state index in [2.05, 4.69) is 5.92 Å². The van der Waals surface area contributed by atoms with E-state index >= 15 is 0 Å². The Labute approximate surface area is 106 Å². The topological polar surface area (TPSA) is 0 Å². The molecule has 0 fully saturated rings. The average molecular weight is 273 g/mol. The Morgan fingerprint density at radius 2 is 1.50 bits per heavy atom. The zero-order chi connectivity index (χ0) is 8.65. The van der Waals surface area contributed by atoms with Gasteiger partial charge in [-0.1, -0.05) is 12.1 Å². The van der Waals surface area contributed by atoms with Gasteiger partial charge in [0.25, 0.3) is 0 Å². The van der Waals surface area contributed by atoms with Crippen LogP contribution >= 0.6 is 0 Å². The summed E-state index contributed by atoms with van der Waals surface area (Å²) in [6.07, 6.45) is 6.61. The molecule has 0 radical (unpaired) electrons. The van der Waals surface area contributed by atoms with E-state index in [1.54, 1.807) is 0 Å². The summed E-state index contributed by atoms with van der Waals surface area (Å²) in [5.74, 6) is 2.26. The van der Waals surface area contributed by atoms with Crippen molar-refractivity contribution in [3.8, 4) is 5.92 Å². The third-order valence-electron chi connectivity index (χ3n) is 1.36. The zero-order valence-corrected chi connectivity index (χ0v) is 9.40. The summed E-state index contributed by atoms with van der Waals surface area (Å²) in [6.45, 7) is 0. The Bertz CT molecular complexity index is 296. The van der Waals surface area contributed by atoms with Crippen LogP contribution in [0.15, 0.2) is 54.6 Å². The fraction of sp³-hybridized carbons (Fsp3) is 0. The van der Waals surface area contributed by atoms with Gasteiger partial charge in [0.1, 0.15) is 0 Å². The van der Waals surface area contributed by atoms with Gasteiger partial charge in [-0.2, -0.15) is 18.2 Å². The van der Waals surface area contributed by atoms with Crippen molar-refractivity contribution in [1.29, 1.82) is 0 Å². The molecular weight excluding hydrogens is 264 g/mol. The third kappa shape index (κ3) is 6.78. The van der Waals surface area contributed by atoms with Gasteiger partial charge in [-0.25, -0.2) is 24.3 Å². The van der Waals surface area contributed by atoms with Gasteiger partial charge in [0, 0.05) is 0 Å². The molecule has 0 aromatic heterocycles. The molecule has 0 aliphatic carbocycles. The number of hydrogen-bond acceptors (Lipinski definition) is 0. The van der Waals surface area contributed by atoms with E-state index in [9.17, 15) is 0 Å². The molecule has 0 aliphatic heterocycles. The van der Waals surface area contributed by atoms with Gasteiger partial charge >= 0.3 is 34.1 Å². The maximum Gasteiger partial charge on any atom is 2.00 e. The molecule has 14 heavy (non-hydrogen) atoms. The summed E-state index contributed by atoms with van der Waals surface area (Å²) in [5, 5.41) is 0. The predicted molar refractivity (Wildman–Crippen MR) is 50.3 cm³/mol. The molecule has 0 saturated carbocycles. The van der Waals surface area contributed by atoms with E-state index in [0.717, 1.165) is 5.56 Å². The SMILES string of the molecule is [C-]#C[c-]1cccc1.[Cu+].[Fe+2].c1cc[cH-]c1. The van der Waals surface area contributed by atoms with Crippen LogP contribution in [-0.2, 0) is 34.1 Å². The van der Waals surface area contributed by atoms with Crippen LogP contribution in [0.3, 0.4) is 0 Å². The first-order chi connectivity index (χ1) is 5.93. The second-order valence-electron chi connectivity index (χ2n) is 2.26. The fourth-order valence-corrected chi connectivity index (χ4v) is 0.778. The third-order valence-corrected chi connectivity index (χ3v) is 1.36. The molecular formula is C12H9CuFe. The van der Waals surface area contributed by atoms with E-state index in [4.69, 9.17) is 6.42 Å². The molecule has 0 bridgehead atoms. The first-order valence-electron chi connectivity index (χ1n) is 3.74. The largest absolute Gasteiger partial charge is 2.00 e. The second kappa shape index (κ2) is 10.4.